The topological polar surface area (TPSA) is 104 Å². The van der Waals surface area contributed by atoms with E-state index >= 15 is 0 Å². The number of carboxylic acid groups (broad SMARTS) is 1. The molecule has 1 saturated carbocycles. The van der Waals surface area contributed by atoms with Crippen molar-refractivity contribution in [2.45, 2.75) is 43.5 Å². The van der Waals surface area contributed by atoms with Crippen molar-refractivity contribution in [2.24, 2.45) is 11.8 Å². The molecule has 1 aliphatic carbocycles. The molecule has 1 amide bonds. The maximum atomic E-state index is 12.7. The molecular formula is C18H24N2O5S. The third-order valence-electron chi connectivity index (χ3n) is 5.14. The number of sulfonamides is 1. The van der Waals surface area contributed by atoms with Crippen LogP contribution in [0.2, 0.25) is 0 Å². The van der Waals surface area contributed by atoms with Crippen LogP contribution in [0.5, 0.6) is 0 Å². The number of hydrogen-bond donors (Lipinski definition) is 2. The van der Waals surface area contributed by atoms with Crippen molar-refractivity contribution in [1.82, 2.24) is 9.62 Å². The molecule has 8 heteroatoms. The van der Waals surface area contributed by atoms with Gasteiger partial charge in [0.25, 0.3) is 0 Å². The van der Waals surface area contributed by atoms with Crippen LogP contribution in [0, 0.1) is 18.8 Å². The second-order valence-electron chi connectivity index (χ2n) is 7.15. The van der Waals surface area contributed by atoms with Crippen molar-refractivity contribution < 1.29 is 23.1 Å². The first-order valence-electron chi connectivity index (χ1n) is 8.89. The number of rotatable bonds is 6. The van der Waals surface area contributed by atoms with Crippen LogP contribution >= 0.6 is 0 Å². The number of nitrogens with zero attached hydrogens (tertiary/aromatic N) is 1. The van der Waals surface area contributed by atoms with Gasteiger partial charge in [-0.15, -0.1) is 0 Å². The van der Waals surface area contributed by atoms with E-state index in [0.717, 1.165) is 18.4 Å². The summed E-state index contributed by atoms with van der Waals surface area (Å²) in [6, 6.07) is 5.89. The fourth-order valence-electron chi connectivity index (χ4n) is 3.30. The molecule has 7 nitrogen and oxygen atoms in total. The van der Waals surface area contributed by atoms with Gasteiger partial charge in [-0.25, -0.2) is 13.2 Å². The Balaban J connectivity index is 1.59. The average Bonchev–Trinajstić information content (AvgIpc) is 3.44. The summed E-state index contributed by atoms with van der Waals surface area (Å²) in [5.41, 5.74) is 0.989. The van der Waals surface area contributed by atoms with Gasteiger partial charge in [0.1, 0.15) is 6.04 Å². The van der Waals surface area contributed by atoms with Crippen LogP contribution in [0.3, 0.4) is 0 Å². The Bertz CT molecular complexity index is 778. The molecule has 1 aliphatic heterocycles. The van der Waals surface area contributed by atoms with E-state index in [4.69, 9.17) is 0 Å². The highest BCUT2D eigenvalue weighted by molar-refractivity contribution is 7.89. The first-order chi connectivity index (χ1) is 12.3. The van der Waals surface area contributed by atoms with E-state index in [2.05, 4.69) is 5.32 Å². The third-order valence-corrected chi connectivity index (χ3v) is 7.05. The number of carbonyl (C=O) groups excluding carboxylic acids is 1. The van der Waals surface area contributed by atoms with Crippen molar-refractivity contribution in [1.29, 1.82) is 0 Å². The molecule has 1 aromatic rings. The number of benzene rings is 1. The second kappa shape index (κ2) is 7.36. The predicted molar refractivity (Wildman–Crippen MR) is 95.0 cm³/mol. The van der Waals surface area contributed by atoms with Gasteiger partial charge in [0, 0.05) is 19.0 Å². The van der Waals surface area contributed by atoms with E-state index in [9.17, 15) is 23.1 Å². The van der Waals surface area contributed by atoms with Gasteiger partial charge in [-0.1, -0.05) is 17.7 Å². The molecular weight excluding hydrogens is 356 g/mol. The molecule has 1 saturated heterocycles. The van der Waals surface area contributed by atoms with Crippen LogP contribution in [0.25, 0.3) is 0 Å². The van der Waals surface area contributed by atoms with E-state index in [-0.39, 0.29) is 35.7 Å². The molecule has 1 atom stereocenters. The predicted octanol–water partition coefficient (Wildman–Crippen LogP) is 1.38. The summed E-state index contributed by atoms with van der Waals surface area (Å²) in [6.45, 7) is 2.41. The van der Waals surface area contributed by atoms with Crippen LogP contribution < -0.4 is 5.32 Å². The van der Waals surface area contributed by atoms with E-state index < -0.39 is 22.0 Å². The number of hydrogen-bond acceptors (Lipinski definition) is 4. The van der Waals surface area contributed by atoms with Gasteiger partial charge in [-0.3, -0.25) is 4.79 Å². The monoisotopic (exact) mass is 380 g/mol. The number of carboxylic acids is 1. The molecule has 1 aromatic carbocycles. The molecule has 142 valence electrons. The first kappa shape index (κ1) is 18.8. The maximum Gasteiger partial charge on any atom is 0.326 e. The van der Waals surface area contributed by atoms with Crippen molar-refractivity contribution in [3.63, 3.8) is 0 Å². The Morgan fingerprint density at radius 3 is 2.19 bits per heavy atom. The minimum absolute atomic E-state index is 0.0263. The zero-order chi connectivity index (χ0) is 18.9. The molecule has 0 spiro atoms. The summed E-state index contributed by atoms with van der Waals surface area (Å²) >= 11 is 0. The molecule has 2 fully saturated rings. The smallest absolute Gasteiger partial charge is 0.326 e. The Hall–Kier alpha value is -1.93. The van der Waals surface area contributed by atoms with Gasteiger partial charge in [-0.05, 0) is 50.7 Å². The van der Waals surface area contributed by atoms with Crippen LogP contribution in [-0.4, -0.2) is 48.8 Å². The zero-order valence-corrected chi connectivity index (χ0v) is 15.5. The first-order valence-corrected chi connectivity index (χ1v) is 10.3. The highest BCUT2D eigenvalue weighted by atomic mass is 32.2. The lowest BCUT2D eigenvalue weighted by atomic mass is 9.96. The summed E-state index contributed by atoms with van der Waals surface area (Å²) < 4.78 is 26.8. The number of piperidine rings is 1. The van der Waals surface area contributed by atoms with Crippen molar-refractivity contribution in [3.8, 4) is 0 Å². The molecule has 0 bridgehead atoms. The van der Waals surface area contributed by atoms with Crippen LogP contribution in [0.15, 0.2) is 29.2 Å². The van der Waals surface area contributed by atoms with Gasteiger partial charge in [-0.2, -0.15) is 4.31 Å². The third kappa shape index (κ3) is 4.07. The Labute approximate surface area is 153 Å². The SMILES string of the molecule is Cc1ccc(S(=O)(=O)N2CCC(C(=O)NC(C(=O)O)C3CC3)CC2)cc1. The minimum Gasteiger partial charge on any atom is -0.480 e. The lowest BCUT2D eigenvalue weighted by Gasteiger charge is -2.31. The van der Waals surface area contributed by atoms with Crippen LogP contribution in [-0.2, 0) is 19.6 Å². The quantitative estimate of drug-likeness (QED) is 0.776. The number of nitrogens with one attached hydrogen (secondary N) is 1. The number of aliphatic carboxylic acids is 1. The number of carbonyl (C=O) groups is 2. The lowest BCUT2D eigenvalue weighted by molar-refractivity contribution is -0.143. The molecule has 0 radical (unpaired) electrons. The van der Waals surface area contributed by atoms with Crippen molar-refractivity contribution >= 4 is 21.9 Å². The fourth-order valence-corrected chi connectivity index (χ4v) is 4.77. The van der Waals surface area contributed by atoms with E-state index in [0.29, 0.717) is 12.8 Å². The van der Waals surface area contributed by atoms with Gasteiger partial charge in [0.15, 0.2) is 0 Å². The zero-order valence-electron chi connectivity index (χ0n) is 14.7. The average molecular weight is 380 g/mol. The molecule has 3 rings (SSSR count). The molecule has 26 heavy (non-hydrogen) atoms. The van der Waals surface area contributed by atoms with Crippen LogP contribution in [0.1, 0.15) is 31.2 Å². The van der Waals surface area contributed by atoms with E-state index in [1.807, 2.05) is 6.92 Å². The van der Waals surface area contributed by atoms with Crippen LogP contribution in [0.4, 0.5) is 0 Å². The number of amides is 1. The maximum absolute atomic E-state index is 12.7. The Morgan fingerprint density at radius 1 is 1.12 bits per heavy atom. The van der Waals surface area contributed by atoms with E-state index in [1.54, 1.807) is 24.3 Å². The van der Waals surface area contributed by atoms with E-state index in [1.165, 1.54) is 4.31 Å². The molecule has 1 heterocycles. The summed E-state index contributed by atoms with van der Waals surface area (Å²) in [6.07, 6.45) is 2.44. The lowest BCUT2D eigenvalue weighted by Crippen LogP contribution is -2.48. The normalized spacial score (nSPS) is 20.5. The summed E-state index contributed by atoms with van der Waals surface area (Å²) in [7, 11) is -3.56. The molecule has 2 N–H and O–H groups in total. The van der Waals surface area contributed by atoms with Gasteiger partial charge < -0.3 is 10.4 Å². The second-order valence-corrected chi connectivity index (χ2v) is 9.09. The molecule has 0 aromatic heterocycles. The minimum atomic E-state index is -3.56. The largest absolute Gasteiger partial charge is 0.480 e. The summed E-state index contributed by atoms with van der Waals surface area (Å²) in [5, 5.41) is 11.9. The van der Waals surface area contributed by atoms with Crippen molar-refractivity contribution in [2.75, 3.05) is 13.1 Å². The Kier molecular flexibility index (Phi) is 5.34. The standard InChI is InChI=1S/C18H24N2O5S/c1-12-2-6-15(7-3-12)26(24,25)20-10-8-14(9-11-20)17(21)19-16(18(22)23)13-4-5-13/h2-3,6-7,13-14,16H,4-5,8-11H2,1H3,(H,19,21)(H,22,23). The Morgan fingerprint density at radius 2 is 1.69 bits per heavy atom. The molecule has 2 aliphatic rings. The highest BCUT2D eigenvalue weighted by Gasteiger charge is 2.39. The highest BCUT2D eigenvalue weighted by Crippen LogP contribution is 2.33. The van der Waals surface area contributed by atoms with Crippen molar-refractivity contribution in [3.05, 3.63) is 29.8 Å². The van der Waals surface area contributed by atoms with Gasteiger partial charge in [0.2, 0.25) is 15.9 Å². The summed E-state index contributed by atoms with van der Waals surface area (Å²) in [4.78, 5) is 23.9. The molecule has 1 unspecified atom stereocenters. The summed E-state index contributed by atoms with van der Waals surface area (Å²) in [5.74, 6) is -1.60. The fraction of sp³-hybridized carbons (Fsp3) is 0.556. The van der Waals surface area contributed by atoms with Gasteiger partial charge >= 0.3 is 5.97 Å². The van der Waals surface area contributed by atoms with Gasteiger partial charge in [0.05, 0.1) is 4.90 Å². The number of aryl methyl sites for hydroxylation is 1.